The molecule has 0 fully saturated rings. The van der Waals surface area contributed by atoms with Gasteiger partial charge in [0.2, 0.25) is 17.7 Å². The summed E-state index contributed by atoms with van der Waals surface area (Å²) in [5.41, 5.74) is 6.22. The highest BCUT2D eigenvalue weighted by atomic mass is 32.2. The van der Waals surface area contributed by atoms with Crippen molar-refractivity contribution in [2.75, 3.05) is 18.6 Å². The number of nitrogens with one attached hydrogen (secondary N) is 3. The maximum atomic E-state index is 13.0. The summed E-state index contributed by atoms with van der Waals surface area (Å²) >= 11 is 1.45. The third kappa shape index (κ3) is 9.78. The molecule has 0 saturated carbocycles. The Kier molecular flexibility index (Phi) is 12.4. The minimum atomic E-state index is -1.57. The Morgan fingerprint density at radius 2 is 1.58 bits per heavy atom. The van der Waals surface area contributed by atoms with Gasteiger partial charge < -0.3 is 37.0 Å². The molecule has 0 aliphatic rings. The van der Waals surface area contributed by atoms with Crippen LogP contribution in [-0.2, 0) is 25.6 Å². The van der Waals surface area contributed by atoms with Gasteiger partial charge in [-0.2, -0.15) is 11.8 Å². The Labute approximate surface area is 196 Å². The second-order valence-corrected chi connectivity index (χ2v) is 8.43. The number of hydrogen-bond acceptors (Lipinski definition) is 8. The first kappa shape index (κ1) is 28.4. The molecule has 184 valence electrons. The number of thioether (sulfide) groups is 1. The van der Waals surface area contributed by atoms with Crippen LogP contribution in [0, 0.1) is 0 Å². The highest BCUT2D eigenvalue weighted by molar-refractivity contribution is 7.98. The number of rotatable bonds is 14. The number of amides is 3. The third-order valence-corrected chi connectivity index (χ3v) is 5.38. The van der Waals surface area contributed by atoms with Gasteiger partial charge in [-0.05, 0) is 30.9 Å². The third-order valence-electron chi connectivity index (χ3n) is 4.74. The van der Waals surface area contributed by atoms with Crippen molar-refractivity contribution in [2.24, 2.45) is 5.73 Å². The van der Waals surface area contributed by atoms with Crippen LogP contribution in [-0.4, -0.2) is 87.9 Å². The Balaban J connectivity index is 3.08. The van der Waals surface area contributed by atoms with Crippen molar-refractivity contribution in [1.82, 2.24) is 16.0 Å². The van der Waals surface area contributed by atoms with Crippen LogP contribution >= 0.6 is 11.8 Å². The van der Waals surface area contributed by atoms with E-state index < -0.39 is 60.6 Å². The lowest BCUT2D eigenvalue weighted by Crippen LogP contribution is -2.59. The summed E-state index contributed by atoms with van der Waals surface area (Å²) < 4.78 is 0. The van der Waals surface area contributed by atoms with Crippen molar-refractivity contribution < 1.29 is 34.5 Å². The zero-order chi connectivity index (χ0) is 25.0. The Hall–Kier alpha value is -2.67. The number of nitrogens with two attached hydrogens (primary N) is 1. The topological polar surface area (TPSA) is 191 Å². The lowest BCUT2D eigenvalue weighted by Gasteiger charge is -2.25. The van der Waals surface area contributed by atoms with Crippen LogP contribution in [0.1, 0.15) is 18.9 Å². The van der Waals surface area contributed by atoms with E-state index in [-0.39, 0.29) is 12.8 Å². The number of carboxylic acids is 1. The minimum Gasteiger partial charge on any atom is -0.480 e. The van der Waals surface area contributed by atoms with Gasteiger partial charge in [0.05, 0.1) is 12.7 Å². The van der Waals surface area contributed by atoms with E-state index >= 15 is 0 Å². The fourth-order valence-electron chi connectivity index (χ4n) is 2.84. The fourth-order valence-corrected chi connectivity index (χ4v) is 3.31. The molecule has 11 nitrogen and oxygen atoms in total. The van der Waals surface area contributed by atoms with Gasteiger partial charge in [-0.15, -0.1) is 0 Å². The first-order chi connectivity index (χ1) is 15.6. The molecule has 0 bridgehead atoms. The van der Waals surface area contributed by atoms with E-state index in [0.29, 0.717) is 11.3 Å². The van der Waals surface area contributed by atoms with E-state index in [2.05, 4.69) is 16.0 Å². The maximum Gasteiger partial charge on any atom is 0.328 e. The summed E-state index contributed by atoms with van der Waals surface area (Å²) in [5.74, 6) is -3.09. The lowest BCUT2D eigenvalue weighted by atomic mass is 10.0. The average Bonchev–Trinajstić information content (AvgIpc) is 2.78. The Morgan fingerprint density at radius 3 is 2.09 bits per heavy atom. The highest BCUT2D eigenvalue weighted by Gasteiger charge is 2.31. The molecule has 0 radical (unpaired) electrons. The van der Waals surface area contributed by atoms with Crippen LogP contribution < -0.4 is 21.7 Å². The second kappa shape index (κ2) is 14.5. The number of aliphatic hydroxyl groups excluding tert-OH is 2. The van der Waals surface area contributed by atoms with Crippen LogP contribution in [0.15, 0.2) is 30.3 Å². The summed E-state index contributed by atoms with van der Waals surface area (Å²) in [6, 6.07) is 3.78. The monoisotopic (exact) mass is 484 g/mol. The average molecular weight is 485 g/mol. The molecule has 33 heavy (non-hydrogen) atoms. The van der Waals surface area contributed by atoms with E-state index in [0.717, 1.165) is 0 Å². The second-order valence-electron chi connectivity index (χ2n) is 7.45. The van der Waals surface area contributed by atoms with Gasteiger partial charge in [0, 0.05) is 6.42 Å². The largest absolute Gasteiger partial charge is 0.480 e. The molecule has 1 aromatic carbocycles. The first-order valence-electron chi connectivity index (χ1n) is 10.3. The van der Waals surface area contributed by atoms with E-state index in [9.17, 15) is 29.4 Å². The van der Waals surface area contributed by atoms with E-state index in [1.54, 1.807) is 30.3 Å². The van der Waals surface area contributed by atoms with Gasteiger partial charge in [-0.3, -0.25) is 14.4 Å². The molecule has 0 saturated heterocycles. The van der Waals surface area contributed by atoms with E-state index in [1.807, 2.05) is 6.26 Å². The molecule has 5 unspecified atom stereocenters. The maximum absolute atomic E-state index is 13.0. The standard InChI is InChI=1S/C21H32N4O7S/c1-12(27)17(21(31)32)25-20(30)16(10-13-6-4-3-5-7-13)24-19(29)15(8-9-33-2)23-18(28)14(22)11-26/h3-7,12,14-17,26-27H,8-11,22H2,1-2H3,(H,23,28)(H,24,29)(H,25,30)(H,31,32). The molecule has 12 heteroatoms. The Bertz CT molecular complexity index is 794. The van der Waals surface area contributed by atoms with Crippen molar-refractivity contribution in [1.29, 1.82) is 0 Å². The van der Waals surface area contributed by atoms with Crippen LogP contribution in [0.5, 0.6) is 0 Å². The van der Waals surface area contributed by atoms with Gasteiger partial charge in [-0.1, -0.05) is 30.3 Å². The predicted octanol–water partition coefficient (Wildman–Crippen LogP) is -1.78. The molecular weight excluding hydrogens is 452 g/mol. The van der Waals surface area contributed by atoms with Crippen molar-refractivity contribution in [2.45, 2.75) is 50.0 Å². The zero-order valence-corrected chi connectivity index (χ0v) is 19.4. The normalized spacial score (nSPS) is 15.4. The number of hydrogen-bond donors (Lipinski definition) is 7. The van der Waals surface area contributed by atoms with Crippen molar-refractivity contribution >= 4 is 35.5 Å². The molecule has 3 amide bonds. The van der Waals surface area contributed by atoms with Gasteiger partial charge in [-0.25, -0.2) is 4.79 Å². The van der Waals surface area contributed by atoms with Crippen LogP contribution in [0.2, 0.25) is 0 Å². The van der Waals surface area contributed by atoms with E-state index in [1.165, 1.54) is 18.7 Å². The Morgan fingerprint density at radius 1 is 1.00 bits per heavy atom. The first-order valence-corrected chi connectivity index (χ1v) is 11.7. The van der Waals surface area contributed by atoms with Crippen LogP contribution in [0.4, 0.5) is 0 Å². The summed E-state index contributed by atoms with van der Waals surface area (Å²) in [4.78, 5) is 49.3. The fraction of sp³-hybridized carbons (Fsp3) is 0.524. The molecule has 8 N–H and O–H groups in total. The SMILES string of the molecule is CSCCC(NC(=O)C(N)CO)C(=O)NC(Cc1ccccc1)C(=O)NC(C(=O)O)C(C)O. The molecule has 1 aromatic rings. The number of carbonyl (C=O) groups excluding carboxylic acids is 3. The summed E-state index contributed by atoms with van der Waals surface area (Å²) in [5, 5.41) is 35.3. The van der Waals surface area contributed by atoms with Crippen molar-refractivity contribution in [3.8, 4) is 0 Å². The summed E-state index contributed by atoms with van der Waals surface area (Å²) in [7, 11) is 0. The lowest BCUT2D eigenvalue weighted by molar-refractivity contribution is -0.145. The van der Waals surface area contributed by atoms with Crippen molar-refractivity contribution in [3.05, 3.63) is 35.9 Å². The van der Waals surface area contributed by atoms with Gasteiger partial charge >= 0.3 is 5.97 Å². The predicted molar refractivity (Wildman–Crippen MR) is 123 cm³/mol. The van der Waals surface area contributed by atoms with Gasteiger partial charge in [0.1, 0.15) is 18.1 Å². The van der Waals surface area contributed by atoms with Gasteiger partial charge in [0.25, 0.3) is 0 Å². The highest BCUT2D eigenvalue weighted by Crippen LogP contribution is 2.07. The number of carboxylic acid groups (broad SMARTS) is 1. The zero-order valence-electron chi connectivity index (χ0n) is 18.6. The molecule has 5 atom stereocenters. The quantitative estimate of drug-likeness (QED) is 0.160. The molecular formula is C21H32N4O7S. The molecule has 0 aromatic heterocycles. The summed E-state index contributed by atoms with van der Waals surface area (Å²) in [6.07, 6.45) is 0.740. The smallest absolute Gasteiger partial charge is 0.328 e. The summed E-state index contributed by atoms with van der Waals surface area (Å²) in [6.45, 7) is 0.625. The molecule has 0 aliphatic heterocycles. The number of aliphatic carboxylic acids is 1. The van der Waals surface area contributed by atoms with Crippen LogP contribution in [0.3, 0.4) is 0 Å². The number of aliphatic hydroxyl groups is 2. The molecule has 0 aliphatic carbocycles. The molecule has 1 rings (SSSR count). The number of benzene rings is 1. The van der Waals surface area contributed by atoms with Crippen molar-refractivity contribution in [3.63, 3.8) is 0 Å². The molecule has 0 spiro atoms. The molecule has 0 heterocycles. The van der Waals surface area contributed by atoms with Crippen LogP contribution in [0.25, 0.3) is 0 Å². The minimum absolute atomic E-state index is 0.0455. The van der Waals surface area contributed by atoms with Gasteiger partial charge in [0.15, 0.2) is 6.04 Å². The number of carbonyl (C=O) groups is 4. The van der Waals surface area contributed by atoms with E-state index in [4.69, 9.17) is 10.8 Å².